The third-order valence-corrected chi connectivity index (χ3v) is 6.82. The normalized spacial score (nSPS) is 15.8. The number of carboxylic acid groups (broad SMARTS) is 1. The summed E-state index contributed by atoms with van der Waals surface area (Å²) >= 11 is 12.4. The molecule has 1 saturated carbocycles. The zero-order valence-corrected chi connectivity index (χ0v) is 20.0. The van der Waals surface area contributed by atoms with Crippen molar-refractivity contribution in [2.24, 2.45) is 0 Å². The molecule has 1 aliphatic carbocycles. The second kappa shape index (κ2) is 9.57. The van der Waals surface area contributed by atoms with Crippen LogP contribution in [0, 0.1) is 0 Å². The average molecular weight is 486 g/mol. The summed E-state index contributed by atoms with van der Waals surface area (Å²) in [6.07, 6.45) is 3.12. The summed E-state index contributed by atoms with van der Waals surface area (Å²) in [5.74, 6) is -0.206. The molecule has 3 aromatic rings. The molecule has 172 valence electrons. The number of hydrogen-bond acceptors (Lipinski definition) is 5. The number of hydrogen-bond donors (Lipinski definition) is 2. The van der Waals surface area contributed by atoms with E-state index in [0.29, 0.717) is 34.4 Å². The molecule has 0 bridgehead atoms. The second-order valence-corrected chi connectivity index (χ2v) is 9.18. The van der Waals surface area contributed by atoms with Gasteiger partial charge in [0.1, 0.15) is 5.82 Å². The summed E-state index contributed by atoms with van der Waals surface area (Å²) in [6.45, 7) is 1.97. The van der Waals surface area contributed by atoms with E-state index in [-0.39, 0.29) is 12.1 Å². The lowest BCUT2D eigenvalue weighted by Gasteiger charge is -2.25. The predicted octanol–water partition coefficient (Wildman–Crippen LogP) is 6.53. The summed E-state index contributed by atoms with van der Waals surface area (Å²) in [7, 11) is 1.51. The molecule has 8 heteroatoms. The minimum Gasteiger partial charge on any atom is -0.481 e. The maximum absolute atomic E-state index is 12.2. The number of aromatic nitrogens is 2. The van der Waals surface area contributed by atoms with E-state index >= 15 is 0 Å². The molecule has 0 spiro atoms. The van der Waals surface area contributed by atoms with Crippen molar-refractivity contribution in [3.8, 4) is 17.3 Å². The topological polar surface area (TPSA) is 84.3 Å². The van der Waals surface area contributed by atoms with Crippen LogP contribution >= 0.6 is 23.2 Å². The number of nitrogens with one attached hydrogen (secondary N) is 1. The van der Waals surface area contributed by atoms with Crippen molar-refractivity contribution >= 4 is 35.0 Å². The molecule has 1 aromatic heterocycles. The molecule has 1 unspecified atom stereocenters. The van der Waals surface area contributed by atoms with Gasteiger partial charge in [0.15, 0.2) is 0 Å². The van der Waals surface area contributed by atoms with E-state index in [1.165, 1.54) is 7.11 Å². The zero-order chi connectivity index (χ0) is 23.6. The molecule has 0 radical (unpaired) electrons. The van der Waals surface area contributed by atoms with Gasteiger partial charge in [-0.2, -0.15) is 9.97 Å². The van der Waals surface area contributed by atoms with Crippen LogP contribution in [0.3, 0.4) is 0 Å². The van der Waals surface area contributed by atoms with Crippen molar-refractivity contribution in [3.63, 3.8) is 0 Å². The van der Waals surface area contributed by atoms with Crippen LogP contribution in [0.5, 0.6) is 6.01 Å². The Kier molecular flexibility index (Phi) is 6.77. The molecule has 0 amide bonds. The highest BCUT2D eigenvalue weighted by atomic mass is 35.5. The van der Waals surface area contributed by atoms with E-state index in [2.05, 4.69) is 15.3 Å². The van der Waals surface area contributed by atoms with Crippen molar-refractivity contribution in [2.45, 2.75) is 44.1 Å². The SMILES string of the molecule is COc1nc(NC(C)c2ccc(Cl)cc2Cl)cc(-c2cccc(C3(C(=O)O)CCCC3)c2)n1. The molecular weight excluding hydrogens is 461 g/mol. The summed E-state index contributed by atoms with van der Waals surface area (Å²) in [6, 6.07) is 14.9. The van der Waals surface area contributed by atoms with Crippen LogP contribution in [0.25, 0.3) is 11.3 Å². The van der Waals surface area contributed by atoms with Crippen LogP contribution in [0.2, 0.25) is 10.0 Å². The minimum absolute atomic E-state index is 0.151. The molecule has 6 nitrogen and oxygen atoms in total. The van der Waals surface area contributed by atoms with Gasteiger partial charge in [0, 0.05) is 21.7 Å². The second-order valence-electron chi connectivity index (χ2n) is 8.33. The lowest BCUT2D eigenvalue weighted by Crippen LogP contribution is -2.32. The van der Waals surface area contributed by atoms with Crippen molar-refractivity contribution < 1.29 is 14.6 Å². The Morgan fingerprint density at radius 1 is 1.12 bits per heavy atom. The Hall–Kier alpha value is -2.83. The molecule has 4 rings (SSSR count). The number of benzene rings is 2. The summed E-state index contributed by atoms with van der Waals surface area (Å²) < 4.78 is 5.33. The number of aliphatic carboxylic acids is 1. The number of halogens is 2. The number of carboxylic acids is 1. The van der Waals surface area contributed by atoms with E-state index in [9.17, 15) is 9.90 Å². The van der Waals surface area contributed by atoms with E-state index in [0.717, 1.165) is 29.5 Å². The largest absolute Gasteiger partial charge is 0.481 e. The smallest absolute Gasteiger partial charge is 0.318 e. The Labute approximate surface area is 202 Å². The van der Waals surface area contributed by atoms with Crippen LogP contribution in [0.4, 0.5) is 5.82 Å². The first-order valence-electron chi connectivity index (χ1n) is 10.8. The van der Waals surface area contributed by atoms with Gasteiger partial charge in [-0.05, 0) is 49.1 Å². The first kappa shape index (κ1) is 23.3. The lowest BCUT2D eigenvalue weighted by molar-refractivity contribution is -0.143. The van der Waals surface area contributed by atoms with Gasteiger partial charge in [0.25, 0.3) is 0 Å². The lowest BCUT2D eigenvalue weighted by atomic mass is 9.78. The number of anilines is 1. The van der Waals surface area contributed by atoms with Crippen molar-refractivity contribution in [2.75, 3.05) is 12.4 Å². The van der Waals surface area contributed by atoms with E-state index in [1.54, 1.807) is 12.1 Å². The van der Waals surface area contributed by atoms with Gasteiger partial charge in [0.05, 0.1) is 24.3 Å². The number of nitrogens with zero attached hydrogens (tertiary/aromatic N) is 2. The first-order valence-corrected chi connectivity index (χ1v) is 11.6. The molecular formula is C25H25Cl2N3O3. The van der Waals surface area contributed by atoms with Gasteiger partial charge in [0.2, 0.25) is 0 Å². The fourth-order valence-corrected chi connectivity index (χ4v) is 5.04. The number of ether oxygens (including phenoxy) is 1. The van der Waals surface area contributed by atoms with Crippen molar-refractivity contribution in [1.29, 1.82) is 0 Å². The average Bonchev–Trinajstić information content (AvgIpc) is 3.30. The number of carbonyl (C=O) groups is 1. The first-order chi connectivity index (χ1) is 15.8. The highest BCUT2D eigenvalue weighted by Crippen LogP contribution is 2.42. The van der Waals surface area contributed by atoms with E-state index < -0.39 is 11.4 Å². The number of rotatable bonds is 7. The quantitative estimate of drug-likeness (QED) is 0.395. The van der Waals surface area contributed by atoms with Gasteiger partial charge in [-0.15, -0.1) is 0 Å². The third kappa shape index (κ3) is 4.77. The minimum atomic E-state index is -0.839. The van der Waals surface area contributed by atoms with Crippen LogP contribution < -0.4 is 10.1 Å². The van der Waals surface area contributed by atoms with Gasteiger partial charge >= 0.3 is 12.0 Å². The Morgan fingerprint density at radius 2 is 1.88 bits per heavy atom. The third-order valence-electron chi connectivity index (χ3n) is 6.26. The fourth-order valence-electron chi connectivity index (χ4n) is 4.47. The molecule has 0 aliphatic heterocycles. The molecule has 1 heterocycles. The zero-order valence-electron chi connectivity index (χ0n) is 18.4. The molecule has 33 heavy (non-hydrogen) atoms. The molecule has 1 fully saturated rings. The number of methoxy groups -OCH3 is 1. The summed E-state index contributed by atoms with van der Waals surface area (Å²) in [5, 5.41) is 14.5. The Bertz CT molecular complexity index is 1180. The summed E-state index contributed by atoms with van der Waals surface area (Å²) in [4.78, 5) is 21.1. The summed E-state index contributed by atoms with van der Waals surface area (Å²) in [5.41, 5.74) is 2.29. The van der Waals surface area contributed by atoms with Gasteiger partial charge in [-0.25, -0.2) is 0 Å². The molecule has 1 atom stereocenters. The Balaban J connectivity index is 1.68. The predicted molar refractivity (Wildman–Crippen MR) is 130 cm³/mol. The molecule has 0 saturated heterocycles. The monoisotopic (exact) mass is 485 g/mol. The van der Waals surface area contributed by atoms with Gasteiger partial charge in [-0.1, -0.05) is 60.3 Å². The fraction of sp³-hybridized carbons (Fsp3) is 0.320. The molecule has 2 N–H and O–H groups in total. The van der Waals surface area contributed by atoms with Crippen LogP contribution in [0.15, 0.2) is 48.5 Å². The highest BCUT2D eigenvalue weighted by molar-refractivity contribution is 6.35. The van der Waals surface area contributed by atoms with Crippen LogP contribution in [-0.2, 0) is 10.2 Å². The maximum Gasteiger partial charge on any atom is 0.318 e. The Morgan fingerprint density at radius 3 is 2.55 bits per heavy atom. The van der Waals surface area contributed by atoms with E-state index in [4.69, 9.17) is 27.9 Å². The molecule has 2 aromatic carbocycles. The molecule has 1 aliphatic rings. The standard InChI is InChI=1S/C25H25Cl2N3O3/c1-15(19-9-8-18(26)13-20(19)27)28-22-14-21(29-24(30-22)33-2)16-6-5-7-17(12-16)25(23(31)32)10-3-4-11-25/h5-9,12-15H,3-4,10-11H2,1-2H3,(H,31,32)(H,28,29,30). The van der Waals surface area contributed by atoms with Crippen LogP contribution in [-0.4, -0.2) is 28.2 Å². The van der Waals surface area contributed by atoms with Crippen LogP contribution in [0.1, 0.15) is 49.8 Å². The van der Waals surface area contributed by atoms with Gasteiger partial charge in [-0.3, -0.25) is 4.79 Å². The van der Waals surface area contributed by atoms with Crippen molar-refractivity contribution in [3.05, 3.63) is 69.7 Å². The van der Waals surface area contributed by atoms with E-state index in [1.807, 2.05) is 43.3 Å². The highest BCUT2D eigenvalue weighted by Gasteiger charge is 2.42. The van der Waals surface area contributed by atoms with Gasteiger partial charge < -0.3 is 15.2 Å². The maximum atomic E-state index is 12.2. The van der Waals surface area contributed by atoms with Crippen molar-refractivity contribution in [1.82, 2.24) is 9.97 Å².